The zero-order valence-corrected chi connectivity index (χ0v) is 15.4. The molecule has 152 valence electrons. The summed E-state index contributed by atoms with van der Waals surface area (Å²) in [5.41, 5.74) is 0.832. The highest BCUT2D eigenvalue weighted by Crippen LogP contribution is 2.29. The third-order valence-electron chi connectivity index (χ3n) is 4.93. The molecule has 10 heteroatoms. The zero-order chi connectivity index (χ0) is 20.4. The van der Waals surface area contributed by atoms with E-state index in [9.17, 15) is 18.3 Å². The van der Waals surface area contributed by atoms with Gasteiger partial charge >= 0.3 is 6.18 Å². The van der Waals surface area contributed by atoms with Crippen molar-refractivity contribution in [2.24, 2.45) is 0 Å². The molecule has 0 aliphatic carbocycles. The van der Waals surface area contributed by atoms with Crippen molar-refractivity contribution < 1.29 is 18.3 Å². The van der Waals surface area contributed by atoms with E-state index in [1.807, 2.05) is 12.1 Å². The predicted octanol–water partition coefficient (Wildman–Crippen LogP) is 2.71. The molecule has 0 bridgehead atoms. The van der Waals surface area contributed by atoms with Crippen molar-refractivity contribution in [3.05, 3.63) is 59.9 Å². The van der Waals surface area contributed by atoms with Gasteiger partial charge in [-0.15, -0.1) is 5.10 Å². The first-order valence-electron chi connectivity index (χ1n) is 9.11. The van der Waals surface area contributed by atoms with Crippen molar-refractivity contribution in [2.45, 2.75) is 12.7 Å². The molecule has 29 heavy (non-hydrogen) atoms. The molecule has 0 atom stereocenters. The minimum absolute atomic E-state index is 0.238. The van der Waals surface area contributed by atoms with Crippen LogP contribution in [0.2, 0.25) is 0 Å². The smallest absolute Gasteiger partial charge is 0.416 e. The van der Waals surface area contributed by atoms with Crippen LogP contribution in [0.3, 0.4) is 0 Å². The maximum absolute atomic E-state index is 12.8. The van der Waals surface area contributed by atoms with Crippen LogP contribution in [-0.2, 0) is 12.7 Å². The lowest BCUT2D eigenvalue weighted by molar-refractivity contribution is -0.137. The van der Waals surface area contributed by atoms with Gasteiger partial charge in [-0.25, -0.2) is 0 Å². The summed E-state index contributed by atoms with van der Waals surface area (Å²) in [6, 6.07) is 11.9. The summed E-state index contributed by atoms with van der Waals surface area (Å²) in [4.78, 5) is 4.43. The molecule has 2 heterocycles. The summed E-state index contributed by atoms with van der Waals surface area (Å²) in [7, 11) is 0. The van der Waals surface area contributed by atoms with E-state index in [2.05, 4.69) is 25.3 Å². The van der Waals surface area contributed by atoms with E-state index in [1.54, 1.807) is 12.1 Å². The van der Waals surface area contributed by atoms with Crippen molar-refractivity contribution in [1.82, 2.24) is 25.1 Å². The van der Waals surface area contributed by atoms with E-state index < -0.39 is 11.7 Å². The fraction of sp³-hybridized carbons (Fsp3) is 0.316. The minimum Gasteiger partial charge on any atom is -0.508 e. The monoisotopic (exact) mass is 404 g/mol. The number of alkyl halides is 3. The van der Waals surface area contributed by atoms with Gasteiger partial charge in [0, 0.05) is 31.9 Å². The van der Waals surface area contributed by atoms with Gasteiger partial charge in [0.05, 0.1) is 17.8 Å². The van der Waals surface area contributed by atoms with Gasteiger partial charge in [-0.1, -0.05) is 0 Å². The fourth-order valence-corrected chi connectivity index (χ4v) is 3.32. The summed E-state index contributed by atoms with van der Waals surface area (Å²) in [5, 5.41) is 21.1. The minimum atomic E-state index is -4.38. The molecule has 3 aromatic rings. The van der Waals surface area contributed by atoms with E-state index in [1.165, 1.54) is 16.8 Å². The van der Waals surface area contributed by atoms with E-state index >= 15 is 0 Å². The third kappa shape index (κ3) is 4.32. The number of phenolic OH excluding ortho intramolecular Hbond substituents is 1. The number of aromatic hydroxyl groups is 1. The highest BCUT2D eigenvalue weighted by Gasteiger charge is 2.30. The Labute approximate surface area is 165 Å². The molecule has 0 saturated carbocycles. The van der Waals surface area contributed by atoms with Crippen LogP contribution < -0.4 is 4.90 Å². The zero-order valence-electron chi connectivity index (χ0n) is 15.4. The molecule has 7 nitrogen and oxygen atoms in total. The molecule has 0 spiro atoms. The predicted molar refractivity (Wildman–Crippen MR) is 99.8 cm³/mol. The second-order valence-corrected chi connectivity index (χ2v) is 6.83. The molecule has 1 aliphatic rings. The van der Waals surface area contributed by atoms with Gasteiger partial charge in [0.2, 0.25) is 0 Å². The first-order valence-corrected chi connectivity index (χ1v) is 9.11. The first kappa shape index (κ1) is 19.2. The average molecular weight is 404 g/mol. The lowest BCUT2D eigenvalue weighted by Crippen LogP contribution is -2.46. The molecule has 1 aliphatic heterocycles. The fourth-order valence-electron chi connectivity index (χ4n) is 3.32. The van der Waals surface area contributed by atoms with Crippen LogP contribution in [0.25, 0.3) is 5.69 Å². The lowest BCUT2D eigenvalue weighted by atomic mass is 10.2. The van der Waals surface area contributed by atoms with Crippen molar-refractivity contribution in [2.75, 3.05) is 31.1 Å². The van der Waals surface area contributed by atoms with Crippen molar-refractivity contribution >= 4 is 5.69 Å². The number of hydrogen-bond donors (Lipinski definition) is 1. The molecule has 4 rings (SSSR count). The highest BCUT2D eigenvalue weighted by molar-refractivity contribution is 5.49. The second kappa shape index (κ2) is 7.70. The van der Waals surface area contributed by atoms with Crippen LogP contribution in [-0.4, -0.2) is 56.4 Å². The number of piperazine rings is 1. The summed E-state index contributed by atoms with van der Waals surface area (Å²) in [5.74, 6) is 0.810. The number of halogens is 3. The Kier molecular flexibility index (Phi) is 5.10. The Hall–Kier alpha value is -3.14. The number of hydrogen-bond acceptors (Lipinski definition) is 6. The summed E-state index contributed by atoms with van der Waals surface area (Å²) in [6.45, 7) is 3.71. The molecular formula is C19H19F3N6O. The second-order valence-electron chi connectivity index (χ2n) is 6.83. The quantitative estimate of drug-likeness (QED) is 0.721. The van der Waals surface area contributed by atoms with E-state index in [0.717, 1.165) is 44.0 Å². The maximum Gasteiger partial charge on any atom is 0.416 e. The van der Waals surface area contributed by atoms with Gasteiger partial charge in [-0.05, 0) is 59.0 Å². The van der Waals surface area contributed by atoms with Gasteiger partial charge in [0.1, 0.15) is 5.75 Å². The average Bonchev–Trinajstić information content (AvgIpc) is 3.17. The van der Waals surface area contributed by atoms with Crippen molar-refractivity contribution in [1.29, 1.82) is 0 Å². The Morgan fingerprint density at radius 2 is 1.48 bits per heavy atom. The van der Waals surface area contributed by atoms with Gasteiger partial charge in [-0.2, -0.15) is 17.9 Å². The summed E-state index contributed by atoms with van der Waals surface area (Å²) >= 11 is 0. The van der Waals surface area contributed by atoms with Gasteiger partial charge in [-0.3, -0.25) is 4.90 Å². The lowest BCUT2D eigenvalue weighted by Gasteiger charge is -2.35. The van der Waals surface area contributed by atoms with Crippen LogP contribution in [0.1, 0.15) is 11.4 Å². The van der Waals surface area contributed by atoms with Crippen molar-refractivity contribution in [3.63, 3.8) is 0 Å². The SMILES string of the molecule is Oc1ccc(N2CCN(Cc3nnnn3-c3ccc(C(F)(F)F)cc3)CC2)cc1. The number of phenols is 1. The Morgan fingerprint density at radius 1 is 0.862 bits per heavy atom. The topological polar surface area (TPSA) is 70.3 Å². The van der Waals surface area contributed by atoms with Gasteiger partial charge in [0.25, 0.3) is 0 Å². The van der Waals surface area contributed by atoms with E-state index in [-0.39, 0.29) is 5.75 Å². The largest absolute Gasteiger partial charge is 0.508 e. The van der Waals surface area contributed by atoms with Crippen LogP contribution in [0.5, 0.6) is 5.75 Å². The van der Waals surface area contributed by atoms with Crippen LogP contribution in [0.4, 0.5) is 18.9 Å². The number of rotatable bonds is 4. The molecule has 0 amide bonds. The number of nitrogens with zero attached hydrogens (tertiary/aromatic N) is 6. The Balaban J connectivity index is 1.40. The van der Waals surface area contributed by atoms with Crippen LogP contribution in [0, 0.1) is 0 Å². The van der Waals surface area contributed by atoms with Crippen LogP contribution >= 0.6 is 0 Å². The van der Waals surface area contributed by atoms with Crippen molar-refractivity contribution in [3.8, 4) is 11.4 Å². The molecule has 1 aromatic heterocycles. The van der Waals surface area contributed by atoms with Gasteiger partial charge in [0.15, 0.2) is 5.82 Å². The standard InChI is InChI=1S/C19H19F3N6O/c20-19(21,22)14-1-3-16(4-2-14)28-18(23-24-25-28)13-26-9-11-27(12-10-26)15-5-7-17(29)8-6-15/h1-8,29H,9-13H2. The Morgan fingerprint density at radius 3 is 2.10 bits per heavy atom. The maximum atomic E-state index is 12.8. The molecule has 0 radical (unpaired) electrons. The highest BCUT2D eigenvalue weighted by atomic mass is 19.4. The molecule has 1 saturated heterocycles. The first-order chi connectivity index (χ1) is 13.9. The molecule has 0 unspecified atom stereocenters. The molecular weight excluding hydrogens is 385 g/mol. The summed E-state index contributed by atoms with van der Waals surface area (Å²) < 4.78 is 39.7. The number of aromatic nitrogens is 4. The number of anilines is 1. The number of benzene rings is 2. The van der Waals surface area contributed by atoms with Crippen LogP contribution in [0.15, 0.2) is 48.5 Å². The molecule has 1 fully saturated rings. The van der Waals surface area contributed by atoms with E-state index in [4.69, 9.17) is 0 Å². The summed E-state index contributed by atoms with van der Waals surface area (Å²) in [6.07, 6.45) is -4.38. The Bertz CT molecular complexity index is 947. The third-order valence-corrected chi connectivity index (χ3v) is 4.93. The molecule has 1 N–H and O–H groups in total. The van der Waals surface area contributed by atoms with Gasteiger partial charge < -0.3 is 10.0 Å². The number of tetrazole rings is 1. The normalized spacial score (nSPS) is 15.6. The molecule has 2 aromatic carbocycles. The van der Waals surface area contributed by atoms with E-state index in [0.29, 0.717) is 18.1 Å².